The van der Waals surface area contributed by atoms with Gasteiger partial charge in [-0.25, -0.2) is 4.79 Å². The molecule has 0 spiro atoms. The molecule has 1 aliphatic rings. The van der Waals surface area contributed by atoms with E-state index in [-0.39, 0.29) is 6.61 Å². The van der Waals surface area contributed by atoms with Crippen molar-refractivity contribution in [3.63, 3.8) is 0 Å². The molecule has 5 nitrogen and oxygen atoms in total. The predicted octanol–water partition coefficient (Wildman–Crippen LogP) is -0.510. The van der Waals surface area contributed by atoms with E-state index in [9.17, 15) is 9.59 Å². The van der Waals surface area contributed by atoms with E-state index in [1.807, 2.05) is 0 Å². The van der Waals surface area contributed by atoms with Gasteiger partial charge >= 0.3 is 5.97 Å². The average Bonchev–Trinajstić information content (AvgIpc) is 2.48. The van der Waals surface area contributed by atoms with Gasteiger partial charge in [0.1, 0.15) is 0 Å². The smallest absolute Gasteiger partial charge is 0.337 e. The van der Waals surface area contributed by atoms with Gasteiger partial charge in [-0.1, -0.05) is 0 Å². The van der Waals surface area contributed by atoms with Crippen LogP contribution in [0.4, 0.5) is 0 Å². The summed E-state index contributed by atoms with van der Waals surface area (Å²) < 4.78 is 14.3. The molecule has 0 aromatic rings. The van der Waals surface area contributed by atoms with E-state index in [1.54, 1.807) is 0 Å². The first-order chi connectivity index (χ1) is 5.61. The van der Waals surface area contributed by atoms with Crippen molar-refractivity contribution < 1.29 is 23.8 Å². The summed E-state index contributed by atoms with van der Waals surface area (Å²) in [5, 5.41) is 0. The van der Waals surface area contributed by atoms with E-state index in [0.717, 1.165) is 0 Å². The van der Waals surface area contributed by atoms with Crippen LogP contribution in [0.3, 0.4) is 0 Å². The van der Waals surface area contributed by atoms with Gasteiger partial charge in [-0.15, -0.1) is 0 Å². The molecule has 0 N–H and O–H groups in total. The molecule has 68 valence electrons. The number of carbonyl (C=O) groups is 2. The van der Waals surface area contributed by atoms with Crippen molar-refractivity contribution in [1.29, 1.82) is 0 Å². The Balaban J connectivity index is 2.56. The number of hydrogen-bond acceptors (Lipinski definition) is 5. The Morgan fingerprint density at radius 3 is 2.83 bits per heavy atom. The first-order valence-electron chi connectivity index (χ1n) is 3.47. The summed E-state index contributed by atoms with van der Waals surface area (Å²) in [4.78, 5) is 21.3. The minimum atomic E-state index is -1.29. The number of rotatable bonds is 2. The summed E-state index contributed by atoms with van der Waals surface area (Å²) in [6.45, 7) is 1.50. The molecule has 0 aromatic carbocycles. The van der Waals surface area contributed by atoms with Crippen molar-refractivity contribution >= 4 is 12.3 Å². The van der Waals surface area contributed by atoms with Crippen LogP contribution in [0.5, 0.6) is 0 Å². The van der Waals surface area contributed by atoms with E-state index in [4.69, 9.17) is 9.47 Å². The molecule has 0 aromatic heterocycles. The standard InChI is InChI=1S/C7H10O5/c1-7(4-8)11-3-5(12-7)6(9)10-2/h4-5H,3H2,1-2H3. The first-order valence-corrected chi connectivity index (χ1v) is 3.47. The number of hydrogen-bond donors (Lipinski definition) is 0. The summed E-state index contributed by atoms with van der Waals surface area (Å²) in [7, 11) is 1.25. The van der Waals surface area contributed by atoms with Crippen LogP contribution in [-0.2, 0) is 23.8 Å². The van der Waals surface area contributed by atoms with Gasteiger partial charge in [0.15, 0.2) is 12.4 Å². The summed E-state index contributed by atoms with van der Waals surface area (Å²) in [6, 6.07) is 0. The molecule has 0 radical (unpaired) electrons. The Labute approximate surface area is 69.6 Å². The molecule has 1 rings (SSSR count). The maximum atomic E-state index is 10.9. The molecule has 1 fully saturated rings. The van der Waals surface area contributed by atoms with Crippen LogP contribution in [0.25, 0.3) is 0 Å². The molecule has 2 unspecified atom stereocenters. The Morgan fingerprint density at radius 2 is 2.42 bits per heavy atom. The van der Waals surface area contributed by atoms with Gasteiger partial charge in [-0.2, -0.15) is 0 Å². The van der Waals surface area contributed by atoms with Gasteiger partial charge < -0.3 is 14.2 Å². The fourth-order valence-electron chi connectivity index (χ4n) is 0.901. The number of aldehydes is 1. The Morgan fingerprint density at radius 1 is 1.75 bits per heavy atom. The van der Waals surface area contributed by atoms with Crippen molar-refractivity contribution in [3.05, 3.63) is 0 Å². The number of methoxy groups -OCH3 is 1. The minimum absolute atomic E-state index is 0.0575. The molecule has 1 aliphatic heterocycles. The van der Waals surface area contributed by atoms with Crippen LogP contribution >= 0.6 is 0 Å². The zero-order valence-corrected chi connectivity index (χ0v) is 6.90. The predicted molar refractivity (Wildman–Crippen MR) is 37.3 cm³/mol. The van der Waals surface area contributed by atoms with Gasteiger partial charge in [-0.3, -0.25) is 4.79 Å². The van der Waals surface area contributed by atoms with Crippen LogP contribution in [-0.4, -0.2) is 37.9 Å². The summed E-state index contributed by atoms with van der Waals surface area (Å²) in [5.41, 5.74) is 0. The fourth-order valence-corrected chi connectivity index (χ4v) is 0.901. The van der Waals surface area contributed by atoms with Crippen molar-refractivity contribution in [2.45, 2.75) is 18.8 Å². The normalized spacial score (nSPS) is 34.7. The van der Waals surface area contributed by atoms with E-state index >= 15 is 0 Å². The van der Waals surface area contributed by atoms with Crippen LogP contribution in [0, 0.1) is 0 Å². The summed E-state index contributed by atoms with van der Waals surface area (Å²) in [5.74, 6) is -1.82. The highest BCUT2D eigenvalue weighted by Crippen LogP contribution is 2.21. The van der Waals surface area contributed by atoms with E-state index < -0.39 is 17.9 Å². The van der Waals surface area contributed by atoms with Gasteiger partial charge in [0.2, 0.25) is 5.79 Å². The SMILES string of the molecule is COC(=O)C1COC(C)(C=O)O1. The third-order valence-electron chi connectivity index (χ3n) is 1.58. The molecule has 0 aliphatic carbocycles. The lowest BCUT2D eigenvalue weighted by molar-refractivity contribution is -0.174. The molecule has 2 atom stereocenters. The van der Waals surface area contributed by atoms with Gasteiger partial charge in [-0.05, 0) is 6.92 Å². The van der Waals surface area contributed by atoms with Crippen molar-refractivity contribution in [3.8, 4) is 0 Å². The zero-order valence-electron chi connectivity index (χ0n) is 6.90. The average molecular weight is 174 g/mol. The second-order valence-electron chi connectivity index (χ2n) is 2.57. The molecule has 1 saturated heterocycles. The molecule has 12 heavy (non-hydrogen) atoms. The second-order valence-corrected chi connectivity index (χ2v) is 2.57. The number of ether oxygens (including phenoxy) is 3. The van der Waals surface area contributed by atoms with Crippen LogP contribution in [0.15, 0.2) is 0 Å². The zero-order chi connectivity index (χ0) is 9.19. The largest absolute Gasteiger partial charge is 0.467 e. The number of carbonyl (C=O) groups excluding carboxylic acids is 2. The maximum absolute atomic E-state index is 10.9. The lowest BCUT2D eigenvalue weighted by Gasteiger charge is -2.14. The van der Waals surface area contributed by atoms with Crippen LogP contribution in [0.1, 0.15) is 6.92 Å². The third kappa shape index (κ3) is 1.62. The second kappa shape index (κ2) is 3.20. The van der Waals surface area contributed by atoms with Crippen molar-refractivity contribution in [1.82, 2.24) is 0 Å². The van der Waals surface area contributed by atoms with Crippen molar-refractivity contribution in [2.24, 2.45) is 0 Å². The molecule has 0 amide bonds. The Kier molecular flexibility index (Phi) is 2.44. The molecule has 0 bridgehead atoms. The summed E-state index contributed by atoms with van der Waals surface area (Å²) >= 11 is 0. The third-order valence-corrected chi connectivity index (χ3v) is 1.58. The minimum Gasteiger partial charge on any atom is -0.467 e. The highest BCUT2D eigenvalue weighted by atomic mass is 16.8. The Bertz CT molecular complexity index is 202. The maximum Gasteiger partial charge on any atom is 0.337 e. The van der Waals surface area contributed by atoms with E-state index in [1.165, 1.54) is 14.0 Å². The molecular weight excluding hydrogens is 164 g/mol. The molecule has 0 saturated carbocycles. The molecule has 1 heterocycles. The molecular formula is C7H10O5. The fraction of sp³-hybridized carbons (Fsp3) is 0.714. The van der Waals surface area contributed by atoms with E-state index in [0.29, 0.717) is 6.29 Å². The first kappa shape index (κ1) is 9.15. The van der Waals surface area contributed by atoms with E-state index in [2.05, 4.69) is 4.74 Å². The van der Waals surface area contributed by atoms with Gasteiger partial charge in [0.05, 0.1) is 13.7 Å². The topological polar surface area (TPSA) is 61.8 Å². The van der Waals surface area contributed by atoms with Gasteiger partial charge in [0.25, 0.3) is 0 Å². The van der Waals surface area contributed by atoms with Crippen LogP contribution < -0.4 is 0 Å². The van der Waals surface area contributed by atoms with Gasteiger partial charge in [0, 0.05) is 0 Å². The molecule has 5 heteroatoms. The lowest BCUT2D eigenvalue weighted by Crippen LogP contribution is -2.31. The number of esters is 1. The monoisotopic (exact) mass is 174 g/mol. The lowest BCUT2D eigenvalue weighted by atomic mass is 10.4. The Hall–Kier alpha value is -0.940. The van der Waals surface area contributed by atoms with Crippen LogP contribution in [0.2, 0.25) is 0 Å². The highest BCUT2D eigenvalue weighted by Gasteiger charge is 2.41. The highest BCUT2D eigenvalue weighted by molar-refractivity contribution is 5.76. The quantitative estimate of drug-likeness (QED) is 0.416. The summed E-state index contributed by atoms with van der Waals surface area (Å²) in [6.07, 6.45) is -0.277. The van der Waals surface area contributed by atoms with Crippen molar-refractivity contribution in [2.75, 3.05) is 13.7 Å².